The summed E-state index contributed by atoms with van der Waals surface area (Å²) < 4.78 is 13.8. The lowest BCUT2D eigenvalue weighted by Crippen LogP contribution is -2.42. The second-order valence-corrected chi connectivity index (χ2v) is 6.34. The van der Waals surface area contributed by atoms with Crippen LogP contribution in [0.15, 0.2) is 48.5 Å². The quantitative estimate of drug-likeness (QED) is 0.828. The van der Waals surface area contributed by atoms with Crippen LogP contribution in [0.5, 0.6) is 0 Å². The van der Waals surface area contributed by atoms with Gasteiger partial charge < -0.3 is 10.6 Å². The standard InChI is InChI=1S/C19H18FN3O3/c1-12-8-9-14(20)15(10-12)21-16(24)11-23-17(25)19(2,22-18(23)26)13-6-4-3-5-7-13/h3-10H,11H2,1-2H3,(H,21,24)(H,22,26). The van der Waals surface area contributed by atoms with Gasteiger partial charge >= 0.3 is 6.03 Å². The normalized spacial score (nSPS) is 19.4. The Morgan fingerprint density at radius 3 is 2.58 bits per heavy atom. The average molecular weight is 355 g/mol. The van der Waals surface area contributed by atoms with Gasteiger partial charge in [0.15, 0.2) is 0 Å². The summed E-state index contributed by atoms with van der Waals surface area (Å²) in [5.41, 5.74) is 0.153. The van der Waals surface area contributed by atoms with Crippen LogP contribution in [0.25, 0.3) is 0 Å². The minimum atomic E-state index is -1.24. The minimum absolute atomic E-state index is 0.00729. The van der Waals surface area contributed by atoms with E-state index in [1.165, 1.54) is 12.1 Å². The van der Waals surface area contributed by atoms with E-state index in [-0.39, 0.29) is 5.69 Å². The number of amides is 4. The number of imide groups is 1. The summed E-state index contributed by atoms with van der Waals surface area (Å²) in [5.74, 6) is -1.78. The van der Waals surface area contributed by atoms with Crippen molar-refractivity contribution in [3.05, 3.63) is 65.5 Å². The SMILES string of the molecule is Cc1ccc(F)c(NC(=O)CN2C(=O)NC(C)(c3ccccc3)C2=O)c1. The van der Waals surface area contributed by atoms with E-state index >= 15 is 0 Å². The van der Waals surface area contributed by atoms with Crippen LogP contribution in [0, 0.1) is 12.7 Å². The van der Waals surface area contributed by atoms with E-state index in [0.717, 1.165) is 10.5 Å². The zero-order chi connectivity index (χ0) is 18.9. The molecule has 1 unspecified atom stereocenters. The Labute approximate surface area is 150 Å². The highest BCUT2D eigenvalue weighted by molar-refractivity contribution is 6.10. The van der Waals surface area contributed by atoms with Crippen LogP contribution in [0.3, 0.4) is 0 Å². The molecule has 0 bridgehead atoms. The molecule has 1 aliphatic rings. The molecule has 0 aromatic heterocycles. The summed E-state index contributed by atoms with van der Waals surface area (Å²) in [4.78, 5) is 38.0. The maximum absolute atomic E-state index is 13.8. The molecule has 7 heteroatoms. The lowest BCUT2D eigenvalue weighted by atomic mass is 9.92. The summed E-state index contributed by atoms with van der Waals surface area (Å²) in [6.45, 7) is 2.85. The first-order chi connectivity index (χ1) is 12.3. The Balaban J connectivity index is 1.76. The van der Waals surface area contributed by atoms with Gasteiger partial charge in [-0.1, -0.05) is 36.4 Å². The van der Waals surface area contributed by atoms with Crippen molar-refractivity contribution in [3.63, 3.8) is 0 Å². The van der Waals surface area contributed by atoms with Crippen LogP contribution in [-0.4, -0.2) is 29.3 Å². The van der Waals surface area contributed by atoms with E-state index in [9.17, 15) is 18.8 Å². The molecule has 0 saturated carbocycles. The molecule has 1 heterocycles. The third-order valence-electron chi connectivity index (χ3n) is 4.32. The first-order valence-corrected chi connectivity index (χ1v) is 8.07. The molecular weight excluding hydrogens is 337 g/mol. The van der Waals surface area contributed by atoms with Gasteiger partial charge in [-0.05, 0) is 37.1 Å². The molecule has 0 radical (unpaired) electrons. The fraction of sp³-hybridized carbons (Fsp3) is 0.211. The molecule has 2 N–H and O–H groups in total. The van der Waals surface area contributed by atoms with Gasteiger partial charge in [0, 0.05) is 0 Å². The fourth-order valence-electron chi connectivity index (χ4n) is 2.88. The van der Waals surface area contributed by atoms with Crippen molar-refractivity contribution in [2.75, 3.05) is 11.9 Å². The van der Waals surface area contributed by atoms with Crippen LogP contribution in [-0.2, 0) is 15.1 Å². The molecule has 2 aromatic carbocycles. The molecular formula is C19H18FN3O3. The average Bonchev–Trinajstić information content (AvgIpc) is 2.83. The third kappa shape index (κ3) is 3.15. The predicted octanol–water partition coefficient (Wildman–Crippen LogP) is 2.54. The minimum Gasteiger partial charge on any atom is -0.322 e. The smallest absolute Gasteiger partial charge is 0.322 e. The van der Waals surface area contributed by atoms with E-state index in [1.807, 2.05) is 0 Å². The first-order valence-electron chi connectivity index (χ1n) is 8.07. The van der Waals surface area contributed by atoms with Crippen LogP contribution >= 0.6 is 0 Å². The summed E-state index contributed by atoms with van der Waals surface area (Å²) in [7, 11) is 0. The van der Waals surface area contributed by atoms with Crippen LogP contribution < -0.4 is 10.6 Å². The maximum Gasteiger partial charge on any atom is 0.325 e. The van der Waals surface area contributed by atoms with E-state index in [0.29, 0.717) is 5.56 Å². The predicted molar refractivity (Wildman–Crippen MR) is 93.8 cm³/mol. The number of carbonyl (C=O) groups excluding carboxylic acids is 3. The Kier molecular flexibility index (Phi) is 4.46. The largest absolute Gasteiger partial charge is 0.325 e. The fourth-order valence-corrected chi connectivity index (χ4v) is 2.88. The molecule has 4 amide bonds. The second kappa shape index (κ2) is 6.59. The molecule has 1 fully saturated rings. The van der Waals surface area contributed by atoms with Gasteiger partial charge in [0.25, 0.3) is 5.91 Å². The lowest BCUT2D eigenvalue weighted by Gasteiger charge is -2.22. The molecule has 1 aliphatic heterocycles. The second-order valence-electron chi connectivity index (χ2n) is 6.34. The van der Waals surface area contributed by atoms with Gasteiger partial charge in [0.05, 0.1) is 5.69 Å². The number of benzene rings is 2. The highest BCUT2D eigenvalue weighted by Gasteiger charge is 2.49. The number of hydrogen-bond acceptors (Lipinski definition) is 3. The Bertz CT molecular complexity index is 885. The first kappa shape index (κ1) is 17.6. The van der Waals surface area contributed by atoms with Crippen molar-refractivity contribution in [2.45, 2.75) is 19.4 Å². The van der Waals surface area contributed by atoms with Crippen molar-refractivity contribution in [1.82, 2.24) is 10.2 Å². The summed E-state index contributed by atoms with van der Waals surface area (Å²) >= 11 is 0. The summed E-state index contributed by atoms with van der Waals surface area (Å²) in [6, 6.07) is 12.4. The van der Waals surface area contributed by atoms with E-state index in [2.05, 4.69) is 10.6 Å². The van der Waals surface area contributed by atoms with Crippen LogP contribution in [0.4, 0.5) is 14.9 Å². The molecule has 2 aromatic rings. The number of nitrogens with one attached hydrogen (secondary N) is 2. The zero-order valence-corrected chi connectivity index (χ0v) is 14.4. The Hall–Kier alpha value is -3.22. The van der Waals surface area contributed by atoms with Gasteiger partial charge in [0.2, 0.25) is 5.91 Å². The van der Waals surface area contributed by atoms with Gasteiger partial charge in [-0.3, -0.25) is 14.5 Å². The van der Waals surface area contributed by atoms with Crippen LogP contribution in [0.2, 0.25) is 0 Å². The number of urea groups is 1. The van der Waals surface area contributed by atoms with Gasteiger partial charge in [-0.25, -0.2) is 9.18 Å². The molecule has 26 heavy (non-hydrogen) atoms. The summed E-state index contributed by atoms with van der Waals surface area (Å²) in [6.07, 6.45) is 0. The number of hydrogen-bond donors (Lipinski definition) is 2. The van der Waals surface area contributed by atoms with Gasteiger partial charge in [0.1, 0.15) is 17.9 Å². The van der Waals surface area contributed by atoms with Crippen molar-refractivity contribution in [3.8, 4) is 0 Å². The molecule has 0 aliphatic carbocycles. The van der Waals surface area contributed by atoms with Crippen LogP contribution in [0.1, 0.15) is 18.1 Å². The molecule has 1 saturated heterocycles. The number of aryl methyl sites for hydroxylation is 1. The number of anilines is 1. The number of nitrogens with zero attached hydrogens (tertiary/aromatic N) is 1. The monoisotopic (exact) mass is 355 g/mol. The number of rotatable bonds is 4. The third-order valence-corrected chi connectivity index (χ3v) is 4.32. The maximum atomic E-state index is 13.8. The number of carbonyl (C=O) groups is 3. The molecule has 6 nitrogen and oxygen atoms in total. The highest BCUT2D eigenvalue weighted by atomic mass is 19.1. The zero-order valence-electron chi connectivity index (χ0n) is 14.4. The molecule has 0 spiro atoms. The summed E-state index contributed by atoms with van der Waals surface area (Å²) in [5, 5.41) is 5.02. The van der Waals surface area contributed by atoms with E-state index in [4.69, 9.17) is 0 Å². The van der Waals surface area contributed by atoms with Crippen molar-refractivity contribution < 1.29 is 18.8 Å². The van der Waals surface area contributed by atoms with Crippen molar-refractivity contribution in [2.24, 2.45) is 0 Å². The Morgan fingerprint density at radius 2 is 1.88 bits per heavy atom. The van der Waals surface area contributed by atoms with Crippen molar-refractivity contribution >= 4 is 23.5 Å². The molecule has 134 valence electrons. The Morgan fingerprint density at radius 1 is 1.19 bits per heavy atom. The number of halogens is 1. The van der Waals surface area contributed by atoms with E-state index in [1.54, 1.807) is 50.2 Å². The lowest BCUT2D eigenvalue weighted by molar-refractivity contribution is -0.133. The topological polar surface area (TPSA) is 78.5 Å². The molecule has 3 rings (SSSR count). The van der Waals surface area contributed by atoms with Gasteiger partial charge in [-0.2, -0.15) is 0 Å². The highest BCUT2D eigenvalue weighted by Crippen LogP contribution is 2.28. The van der Waals surface area contributed by atoms with Gasteiger partial charge in [-0.15, -0.1) is 0 Å². The molecule has 1 atom stereocenters. The van der Waals surface area contributed by atoms with E-state index < -0.39 is 35.7 Å². The van der Waals surface area contributed by atoms with Crippen molar-refractivity contribution in [1.29, 1.82) is 0 Å².